The van der Waals surface area contributed by atoms with Crippen molar-refractivity contribution in [3.8, 4) is 0 Å². The van der Waals surface area contributed by atoms with Gasteiger partial charge in [0.05, 0.1) is 0 Å². The van der Waals surface area contributed by atoms with Gasteiger partial charge in [-0.1, -0.05) is 126 Å². The Bertz CT molecular complexity index is 2590. The zero-order valence-electron chi connectivity index (χ0n) is 53.2. The van der Waals surface area contributed by atoms with Gasteiger partial charge in [0.25, 0.3) is 0 Å². The number of azide groups is 1. The minimum absolute atomic E-state index is 0.0239. The van der Waals surface area contributed by atoms with Crippen LogP contribution in [0.5, 0.6) is 0 Å². The van der Waals surface area contributed by atoms with E-state index in [1.165, 1.54) is 0 Å². The number of nitrogens with zero attached hydrogens (tertiary/aromatic N) is 6. The number of carbonyl (C=O) groups excluding carboxylic acids is 10. The van der Waals surface area contributed by atoms with Crippen molar-refractivity contribution in [1.29, 1.82) is 0 Å². The highest BCUT2D eigenvalue weighted by molar-refractivity contribution is 5.79. The number of ether oxygens (including phenoxy) is 4. The Balaban J connectivity index is 1.21. The maximum atomic E-state index is 13.2. The quantitative estimate of drug-likeness (QED) is 0.00999. The van der Waals surface area contributed by atoms with Crippen molar-refractivity contribution in [2.24, 2.45) is 5.11 Å². The number of nitrogens with one attached hydrogen (secondary N) is 10. The fraction of sp³-hybridized carbons (Fsp3) is 0.469. The molecule has 10 N–H and O–H groups in total. The molecule has 510 valence electrons. The molecule has 30 nitrogen and oxygen atoms in total. The summed E-state index contributed by atoms with van der Waals surface area (Å²) in [4.78, 5) is 135. The lowest BCUT2D eigenvalue weighted by Gasteiger charge is -2.23. The van der Waals surface area contributed by atoms with Gasteiger partial charge in [-0.15, -0.1) is 0 Å². The van der Waals surface area contributed by atoms with Gasteiger partial charge in [0.1, 0.15) is 26.4 Å². The van der Waals surface area contributed by atoms with Crippen molar-refractivity contribution in [1.82, 2.24) is 67.9 Å². The van der Waals surface area contributed by atoms with Crippen LogP contribution in [-0.2, 0) is 74.1 Å². The Hall–Kier alpha value is -10.0. The summed E-state index contributed by atoms with van der Waals surface area (Å²) in [6, 6.07) is 36.7. The minimum Gasteiger partial charge on any atom is -0.445 e. The number of amides is 10. The van der Waals surface area contributed by atoms with Crippen LogP contribution in [0.15, 0.2) is 126 Å². The monoisotopic (exact) mass is 1310 g/mol. The zero-order chi connectivity index (χ0) is 67.5. The third kappa shape index (κ3) is 39.3. The fourth-order valence-electron chi connectivity index (χ4n) is 8.59. The van der Waals surface area contributed by atoms with Crippen LogP contribution in [0.3, 0.4) is 0 Å². The van der Waals surface area contributed by atoms with Gasteiger partial charge in [-0.25, -0.2) is 19.2 Å². The van der Waals surface area contributed by atoms with E-state index in [-0.39, 0.29) is 231 Å². The van der Waals surface area contributed by atoms with Gasteiger partial charge in [-0.05, 0) is 27.8 Å². The summed E-state index contributed by atoms with van der Waals surface area (Å²) in [6.07, 6.45) is -2.30. The number of benzene rings is 4. The zero-order valence-corrected chi connectivity index (χ0v) is 53.2. The summed E-state index contributed by atoms with van der Waals surface area (Å²) >= 11 is 0. The predicted octanol–water partition coefficient (Wildman–Crippen LogP) is 2.95. The molecule has 0 radical (unpaired) electrons. The second kappa shape index (κ2) is 48.7. The first-order chi connectivity index (χ1) is 45.7. The first kappa shape index (κ1) is 76.4. The second-order valence-corrected chi connectivity index (χ2v) is 21.0. The number of alkyl carbamates (subject to hydrolysis) is 4. The molecule has 0 saturated carbocycles. The molecule has 4 rings (SSSR count). The minimum atomic E-state index is -0.631. The molecule has 4 aromatic carbocycles. The van der Waals surface area contributed by atoms with E-state index in [1.807, 2.05) is 136 Å². The van der Waals surface area contributed by atoms with Gasteiger partial charge in [-0.2, -0.15) is 0 Å². The highest BCUT2D eigenvalue weighted by Crippen LogP contribution is 2.05. The highest BCUT2D eigenvalue weighted by atomic mass is 16.6. The van der Waals surface area contributed by atoms with Crippen LogP contribution >= 0.6 is 0 Å². The molecule has 94 heavy (non-hydrogen) atoms. The van der Waals surface area contributed by atoms with Crippen LogP contribution in [0.1, 0.15) is 60.8 Å². The maximum Gasteiger partial charge on any atom is 0.407 e. The average Bonchev–Trinajstić information content (AvgIpc) is 3.74. The second-order valence-electron chi connectivity index (χ2n) is 21.0. The van der Waals surface area contributed by atoms with E-state index in [0.717, 1.165) is 22.3 Å². The molecule has 4 aromatic rings. The number of hydrogen-bond acceptors (Lipinski definition) is 18. The van der Waals surface area contributed by atoms with E-state index < -0.39 is 24.4 Å². The van der Waals surface area contributed by atoms with Crippen LogP contribution < -0.4 is 53.2 Å². The standard InChI is InChI=1S/C64H90N16O14/c65-77-76-37-46-80(42-25-59(85)70-35-44-78(38-21-55(81)66-27-31-72-61(87)91-47-51-13-5-1-6-14-51)39-22-56(82)67-28-32-73-62(88)92-48-52-15-7-2-8-16-52)43-26-60(86)71-36-45-79(40-23-57(83)68-29-33-74-63(89)93-49-53-17-9-3-10-18-53)41-24-58(84)69-30-34-75-64(90)94-50-54-19-11-4-12-20-54/h1-20H,21-50H2,(H,66,81)(H,67,82)(H,68,83)(H,69,84)(H,70,85)(H,71,86)(H,72,87)(H,73,88)(H,74,89)(H,75,90). The molecule has 0 saturated heterocycles. The molecule has 0 aromatic heterocycles. The topological polar surface area (TPSA) is 386 Å². The number of rotatable bonds is 47. The summed E-state index contributed by atoms with van der Waals surface area (Å²) in [7, 11) is 0. The van der Waals surface area contributed by atoms with Gasteiger partial charge in [0.15, 0.2) is 0 Å². The third-order valence-corrected chi connectivity index (χ3v) is 13.7. The SMILES string of the molecule is [N-]=[N+]=NCCN(CCC(=O)NCCN(CCC(=O)NCCNC(=O)OCc1ccccc1)CCC(=O)NCCNC(=O)OCc1ccccc1)CCC(=O)NCCN(CCC(=O)NCCNC(=O)OCc1ccccc1)CCC(=O)NCCNC(=O)OCc1ccccc1. The van der Waals surface area contributed by atoms with Crippen LogP contribution in [-0.4, -0.2) is 205 Å². The molecule has 0 unspecified atom stereocenters. The molecule has 0 atom stereocenters. The number of carbonyl (C=O) groups is 10. The van der Waals surface area contributed by atoms with E-state index in [9.17, 15) is 47.9 Å². The van der Waals surface area contributed by atoms with Crippen molar-refractivity contribution < 1.29 is 66.9 Å². The maximum absolute atomic E-state index is 13.2. The number of hydrogen-bond donors (Lipinski definition) is 10. The van der Waals surface area contributed by atoms with Gasteiger partial charge >= 0.3 is 24.4 Å². The molecule has 10 amide bonds. The fourth-order valence-corrected chi connectivity index (χ4v) is 8.59. The van der Waals surface area contributed by atoms with E-state index in [0.29, 0.717) is 0 Å². The first-order valence-corrected chi connectivity index (χ1v) is 31.3. The Kier molecular flexibility index (Phi) is 39.6. The molecule has 0 bridgehead atoms. The van der Waals surface area contributed by atoms with Crippen molar-refractivity contribution in [2.75, 3.05) is 131 Å². The van der Waals surface area contributed by atoms with Gasteiger partial charge < -0.3 is 86.8 Å². The summed E-state index contributed by atoms with van der Waals surface area (Å²) in [6.45, 7) is 3.98. The van der Waals surface area contributed by atoms with E-state index in [4.69, 9.17) is 24.5 Å². The van der Waals surface area contributed by atoms with Crippen molar-refractivity contribution in [2.45, 2.75) is 65.0 Å². The summed E-state index contributed by atoms with van der Waals surface area (Å²) in [5.74, 6) is -1.85. The highest BCUT2D eigenvalue weighted by Gasteiger charge is 2.17. The molecular formula is C64H90N16O14. The predicted molar refractivity (Wildman–Crippen MR) is 348 cm³/mol. The smallest absolute Gasteiger partial charge is 0.407 e. The molecule has 0 fully saturated rings. The molecule has 0 aliphatic rings. The largest absolute Gasteiger partial charge is 0.445 e. The molecule has 0 heterocycles. The summed E-state index contributed by atoms with van der Waals surface area (Å²) < 4.78 is 20.8. The van der Waals surface area contributed by atoms with E-state index >= 15 is 0 Å². The molecule has 0 aliphatic carbocycles. The van der Waals surface area contributed by atoms with E-state index in [1.54, 1.807) is 0 Å². The van der Waals surface area contributed by atoms with E-state index in [2.05, 4.69) is 63.2 Å². The Morgan fingerprint density at radius 3 is 0.745 bits per heavy atom. The Morgan fingerprint density at radius 2 is 0.511 bits per heavy atom. The van der Waals surface area contributed by atoms with Gasteiger partial charge in [0, 0.05) is 174 Å². The molecular weight excluding hydrogens is 1220 g/mol. The Labute approximate surface area is 547 Å². The van der Waals surface area contributed by atoms with Crippen LogP contribution in [0, 0.1) is 0 Å². The summed E-state index contributed by atoms with van der Waals surface area (Å²) in [5, 5.41) is 30.8. The van der Waals surface area contributed by atoms with Crippen LogP contribution in [0.2, 0.25) is 0 Å². The third-order valence-electron chi connectivity index (χ3n) is 13.7. The van der Waals surface area contributed by atoms with Crippen molar-refractivity contribution in [3.05, 3.63) is 154 Å². The lowest BCUT2D eigenvalue weighted by molar-refractivity contribution is -0.123. The van der Waals surface area contributed by atoms with Crippen molar-refractivity contribution in [3.63, 3.8) is 0 Å². The van der Waals surface area contributed by atoms with Gasteiger partial charge in [-0.3, -0.25) is 28.8 Å². The van der Waals surface area contributed by atoms with Gasteiger partial charge in [0.2, 0.25) is 35.4 Å². The average molecular weight is 1310 g/mol. The lowest BCUT2D eigenvalue weighted by atomic mass is 10.2. The lowest BCUT2D eigenvalue weighted by Crippen LogP contribution is -2.41. The molecule has 0 aliphatic heterocycles. The Morgan fingerprint density at radius 1 is 0.298 bits per heavy atom. The normalized spacial score (nSPS) is 10.6. The first-order valence-electron chi connectivity index (χ1n) is 31.3. The van der Waals surface area contributed by atoms with Crippen molar-refractivity contribution >= 4 is 59.8 Å². The van der Waals surface area contributed by atoms with Crippen LogP contribution in [0.4, 0.5) is 19.2 Å². The van der Waals surface area contributed by atoms with Crippen LogP contribution in [0.25, 0.3) is 10.4 Å². The molecule has 30 heteroatoms. The summed E-state index contributed by atoms with van der Waals surface area (Å²) in [5.41, 5.74) is 12.3. The molecule has 0 spiro atoms.